The van der Waals surface area contributed by atoms with Gasteiger partial charge >= 0.3 is 5.97 Å². The number of carbonyl (C=O) groups is 1. The monoisotopic (exact) mass is 530 g/mol. The molecule has 0 saturated heterocycles. The molecule has 3 aromatic rings. The number of nitrogens with zero attached hydrogens (tertiary/aromatic N) is 4. The summed E-state index contributed by atoms with van der Waals surface area (Å²) < 4.78 is 9.86. The molecule has 3 rings (SSSR count). The first kappa shape index (κ1) is 23.1. The molecular weight excluding hydrogens is 507 g/mol. The lowest BCUT2D eigenvalue weighted by atomic mass is 10.3. The van der Waals surface area contributed by atoms with Crippen molar-refractivity contribution in [1.82, 2.24) is 14.5 Å². The lowest BCUT2D eigenvalue weighted by Gasteiger charge is -2.08. The molecule has 0 bridgehead atoms. The van der Waals surface area contributed by atoms with E-state index in [1.165, 1.54) is 0 Å². The first-order valence-corrected chi connectivity index (χ1v) is 9.61. The van der Waals surface area contributed by atoms with Gasteiger partial charge in [-0.05, 0) is 25.5 Å². The number of aromatic nitrogens is 4. The molecule has 0 aliphatic heterocycles. The minimum Gasteiger partial charge on any atom is -1.00 e. The van der Waals surface area contributed by atoms with Crippen molar-refractivity contribution in [2.45, 2.75) is 46.4 Å². The fourth-order valence-electron chi connectivity index (χ4n) is 3.21. The Hall–Kier alpha value is -2.14. The van der Waals surface area contributed by atoms with Crippen LogP contribution in [0.3, 0.4) is 0 Å². The largest absolute Gasteiger partial charge is 1.00 e. The quantitative estimate of drug-likeness (QED) is 0.247. The summed E-state index contributed by atoms with van der Waals surface area (Å²) in [5.41, 5.74) is 13.4. The summed E-state index contributed by atoms with van der Waals surface area (Å²) in [7, 11) is 0. The molecular formula is C19H24ClIN6O2. The van der Waals surface area contributed by atoms with Gasteiger partial charge in [0, 0.05) is 0 Å². The first-order chi connectivity index (χ1) is 13.5. The van der Waals surface area contributed by atoms with Crippen LogP contribution in [-0.2, 0) is 24.4 Å². The third-order valence-electron chi connectivity index (χ3n) is 4.57. The average Bonchev–Trinajstić information content (AvgIpc) is 2.99. The van der Waals surface area contributed by atoms with Crippen LogP contribution in [0, 0.1) is 0 Å². The maximum atomic E-state index is 12.5. The number of hydrogen-bond donors (Lipinski definition) is 2. The molecule has 0 unspecified atom stereocenters. The summed E-state index contributed by atoms with van der Waals surface area (Å²) in [5, 5.41) is -0.0816. The Morgan fingerprint density at radius 2 is 1.93 bits per heavy atom. The summed E-state index contributed by atoms with van der Waals surface area (Å²) in [6.07, 6.45) is 2.09. The number of nitrogen functional groups attached to an aromatic ring is 2. The number of carbonyl (C=O) groups excluding carboxylic acids is 1. The second kappa shape index (κ2) is 10.1. The van der Waals surface area contributed by atoms with Crippen molar-refractivity contribution in [2.75, 3.05) is 11.5 Å². The molecule has 0 saturated carbocycles. The molecule has 0 aliphatic carbocycles. The van der Waals surface area contributed by atoms with E-state index in [0.717, 1.165) is 42.8 Å². The molecule has 4 N–H and O–H groups in total. The molecule has 2 aromatic heterocycles. The maximum absolute atomic E-state index is 12.5. The van der Waals surface area contributed by atoms with Gasteiger partial charge in [-0.3, -0.25) is 0 Å². The molecule has 156 valence electrons. The van der Waals surface area contributed by atoms with Crippen LogP contribution in [0.15, 0.2) is 24.3 Å². The Morgan fingerprint density at radius 1 is 1.21 bits per heavy atom. The number of anilines is 2. The van der Waals surface area contributed by atoms with Gasteiger partial charge in [0.15, 0.2) is 40.1 Å². The van der Waals surface area contributed by atoms with Gasteiger partial charge in [0.05, 0.1) is 13.1 Å². The van der Waals surface area contributed by atoms with Gasteiger partial charge in [0.1, 0.15) is 0 Å². The standard InChI is InChI=1S/C19H23ClN6O2.HI/c1-3-5-10-26-13-9-7-6-8-12(13)25(4-2)14(26)11-28-19(27)15-17(21)24-18(22)16(20)23-15;/h6-9H,3-5,10-11H2,1-2H3,(H3-,21,22,24,27);1H. The summed E-state index contributed by atoms with van der Waals surface area (Å²) in [6.45, 7) is 5.87. The highest BCUT2D eigenvalue weighted by molar-refractivity contribution is 6.31. The Morgan fingerprint density at radius 3 is 2.62 bits per heavy atom. The van der Waals surface area contributed by atoms with Crippen molar-refractivity contribution in [3.63, 3.8) is 0 Å². The minimum absolute atomic E-state index is 0. The Labute approximate surface area is 191 Å². The summed E-state index contributed by atoms with van der Waals surface area (Å²) in [4.78, 5) is 20.3. The molecule has 8 nitrogen and oxygen atoms in total. The maximum Gasteiger partial charge on any atom is 0.361 e. The van der Waals surface area contributed by atoms with Crippen LogP contribution in [0.1, 0.15) is 43.0 Å². The Kier molecular flexibility index (Phi) is 8.03. The summed E-state index contributed by atoms with van der Waals surface area (Å²) in [6, 6.07) is 8.15. The second-order valence-corrected chi connectivity index (χ2v) is 6.72. The molecule has 2 heterocycles. The number of esters is 1. The molecule has 0 amide bonds. The zero-order valence-corrected chi connectivity index (χ0v) is 19.3. The molecule has 0 fully saturated rings. The zero-order chi connectivity index (χ0) is 20.3. The predicted molar refractivity (Wildman–Crippen MR) is 108 cm³/mol. The zero-order valence-electron chi connectivity index (χ0n) is 16.4. The molecule has 0 atom stereocenters. The third kappa shape index (κ3) is 4.72. The van der Waals surface area contributed by atoms with Crippen LogP contribution in [0.25, 0.3) is 11.0 Å². The van der Waals surface area contributed by atoms with E-state index in [4.69, 9.17) is 27.8 Å². The van der Waals surface area contributed by atoms with Crippen molar-refractivity contribution in [1.29, 1.82) is 0 Å². The van der Waals surface area contributed by atoms with Crippen LogP contribution in [0.4, 0.5) is 11.6 Å². The normalized spacial score (nSPS) is 10.7. The lowest BCUT2D eigenvalue weighted by molar-refractivity contribution is -0.682. The molecule has 10 heteroatoms. The topological polar surface area (TPSA) is 113 Å². The van der Waals surface area contributed by atoms with Gasteiger partial charge in [-0.2, -0.15) is 0 Å². The van der Waals surface area contributed by atoms with Crippen molar-refractivity contribution >= 4 is 40.2 Å². The van der Waals surface area contributed by atoms with Crippen LogP contribution in [-0.4, -0.2) is 20.5 Å². The number of hydrogen-bond acceptors (Lipinski definition) is 6. The number of rotatable bonds is 7. The van der Waals surface area contributed by atoms with Crippen molar-refractivity contribution < 1.29 is 38.1 Å². The number of para-hydroxylation sites is 2. The molecule has 1 aromatic carbocycles. The van der Waals surface area contributed by atoms with E-state index in [1.54, 1.807) is 0 Å². The smallest absolute Gasteiger partial charge is 0.361 e. The van der Waals surface area contributed by atoms with E-state index in [0.29, 0.717) is 0 Å². The van der Waals surface area contributed by atoms with Gasteiger partial charge in [-0.1, -0.05) is 37.1 Å². The van der Waals surface area contributed by atoms with E-state index < -0.39 is 5.97 Å². The number of halogens is 2. The van der Waals surface area contributed by atoms with Gasteiger partial charge < -0.3 is 40.2 Å². The van der Waals surface area contributed by atoms with Gasteiger partial charge in [-0.25, -0.2) is 23.9 Å². The fourth-order valence-corrected chi connectivity index (χ4v) is 3.34. The van der Waals surface area contributed by atoms with Crippen LogP contribution >= 0.6 is 11.6 Å². The third-order valence-corrected chi connectivity index (χ3v) is 4.85. The van der Waals surface area contributed by atoms with Crippen molar-refractivity contribution in [2.24, 2.45) is 0 Å². The molecule has 0 aliphatic rings. The number of fused-ring (bicyclic) bond motifs is 1. The Bertz CT molecular complexity index is 1020. The van der Waals surface area contributed by atoms with Crippen LogP contribution < -0.4 is 40.0 Å². The highest BCUT2D eigenvalue weighted by atomic mass is 127. The second-order valence-electron chi connectivity index (χ2n) is 6.36. The first-order valence-electron chi connectivity index (χ1n) is 9.23. The van der Waals surface area contributed by atoms with Crippen LogP contribution in [0.2, 0.25) is 5.15 Å². The van der Waals surface area contributed by atoms with E-state index in [9.17, 15) is 4.79 Å². The van der Waals surface area contributed by atoms with Crippen LogP contribution in [0.5, 0.6) is 0 Å². The summed E-state index contributed by atoms with van der Waals surface area (Å²) >= 11 is 5.86. The van der Waals surface area contributed by atoms with Gasteiger partial charge in [-0.15, -0.1) is 0 Å². The number of imidazole rings is 1. The number of unbranched alkanes of at least 4 members (excludes halogenated alkanes) is 1. The minimum atomic E-state index is -0.693. The summed E-state index contributed by atoms with van der Waals surface area (Å²) in [5.74, 6) is 0.0708. The number of benzene rings is 1. The highest BCUT2D eigenvalue weighted by Crippen LogP contribution is 2.19. The highest BCUT2D eigenvalue weighted by Gasteiger charge is 2.26. The Balaban J connectivity index is 0.00000300. The fraction of sp³-hybridized carbons (Fsp3) is 0.368. The lowest BCUT2D eigenvalue weighted by Crippen LogP contribution is -3.00. The van der Waals surface area contributed by atoms with E-state index in [1.807, 2.05) is 12.1 Å². The molecule has 0 radical (unpaired) electrons. The molecule has 0 spiro atoms. The average molecular weight is 531 g/mol. The van der Waals surface area contributed by atoms with Gasteiger partial charge in [0.25, 0.3) is 5.82 Å². The van der Waals surface area contributed by atoms with Gasteiger partial charge in [0.2, 0.25) is 0 Å². The predicted octanol–water partition coefficient (Wildman–Crippen LogP) is -0.282. The number of aryl methyl sites for hydroxylation is 2. The van der Waals surface area contributed by atoms with E-state index in [-0.39, 0.29) is 53.1 Å². The molecule has 29 heavy (non-hydrogen) atoms. The number of ether oxygens (including phenoxy) is 1. The van der Waals surface area contributed by atoms with E-state index in [2.05, 4.69) is 45.1 Å². The van der Waals surface area contributed by atoms with Crippen molar-refractivity contribution in [3.05, 3.63) is 40.9 Å². The number of nitrogens with two attached hydrogens (primary N) is 2. The van der Waals surface area contributed by atoms with E-state index >= 15 is 0 Å². The van der Waals surface area contributed by atoms with Crippen molar-refractivity contribution in [3.8, 4) is 0 Å². The SMILES string of the molecule is CCCC[n+]1c(COC(=O)c2nc(Cl)c(N)nc2N)n(CC)c2ccccc21.[I-].